The quantitative estimate of drug-likeness (QED) is 0.302. The number of carbonyl (C=O) groups is 2. The SMILES string of the molecule is CCCO[Si]CCCC1C(=O)OC(=O)C1(C)C. The molecular formula is C12H20O4Si. The molecule has 1 saturated heterocycles. The van der Waals surface area contributed by atoms with Gasteiger partial charge in [0.15, 0.2) is 0 Å². The van der Waals surface area contributed by atoms with Gasteiger partial charge in [-0.3, -0.25) is 9.59 Å². The van der Waals surface area contributed by atoms with Crippen molar-refractivity contribution >= 4 is 21.7 Å². The number of cyclic esters (lactones) is 2. The van der Waals surface area contributed by atoms with Crippen molar-refractivity contribution in [2.45, 2.75) is 46.1 Å². The van der Waals surface area contributed by atoms with Crippen LogP contribution in [0.4, 0.5) is 0 Å². The molecule has 96 valence electrons. The Labute approximate surface area is 105 Å². The van der Waals surface area contributed by atoms with E-state index >= 15 is 0 Å². The number of carbonyl (C=O) groups excluding carboxylic acids is 2. The van der Waals surface area contributed by atoms with E-state index < -0.39 is 11.4 Å². The highest BCUT2D eigenvalue weighted by molar-refractivity contribution is 6.26. The standard InChI is InChI=1S/C12H20O4Si/c1-4-7-15-17-8-5-6-9-10(13)16-11(14)12(9,2)3/h9H,4-8H2,1-3H3. The van der Waals surface area contributed by atoms with Gasteiger partial charge in [-0.25, -0.2) is 0 Å². The molecule has 5 heteroatoms. The van der Waals surface area contributed by atoms with Crippen LogP contribution in [0.5, 0.6) is 0 Å². The van der Waals surface area contributed by atoms with Crippen molar-refractivity contribution in [3.63, 3.8) is 0 Å². The van der Waals surface area contributed by atoms with Crippen LogP contribution in [0.15, 0.2) is 0 Å². The lowest BCUT2D eigenvalue weighted by molar-refractivity contribution is -0.154. The maximum absolute atomic E-state index is 11.5. The molecule has 1 aliphatic heterocycles. The summed E-state index contributed by atoms with van der Waals surface area (Å²) < 4.78 is 10.1. The zero-order chi connectivity index (χ0) is 12.9. The molecule has 0 aromatic heterocycles. The Balaban J connectivity index is 2.27. The number of ether oxygens (including phenoxy) is 1. The molecule has 17 heavy (non-hydrogen) atoms. The summed E-state index contributed by atoms with van der Waals surface area (Å²) in [7, 11) is 0.493. The minimum atomic E-state index is -0.662. The predicted molar refractivity (Wildman–Crippen MR) is 64.4 cm³/mol. The number of rotatable bonds is 7. The summed E-state index contributed by atoms with van der Waals surface area (Å²) in [5.74, 6) is -1.04. The molecule has 0 aromatic rings. The average molecular weight is 256 g/mol. The Kier molecular flexibility index (Phi) is 5.33. The van der Waals surface area contributed by atoms with Crippen molar-refractivity contribution in [3.05, 3.63) is 0 Å². The van der Waals surface area contributed by atoms with Crippen LogP contribution in [0.1, 0.15) is 40.0 Å². The molecule has 0 spiro atoms. The summed E-state index contributed by atoms with van der Waals surface area (Å²) in [6, 6.07) is 0.952. The summed E-state index contributed by atoms with van der Waals surface area (Å²) in [5.41, 5.74) is -0.662. The van der Waals surface area contributed by atoms with Crippen LogP contribution in [-0.2, 0) is 18.8 Å². The first-order valence-electron chi connectivity index (χ1n) is 6.11. The predicted octanol–water partition coefficient (Wildman–Crippen LogP) is 1.96. The second kappa shape index (κ2) is 6.30. The van der Waals surface area contributed by atoms with Gasteiger partial charge in [0.05, 0.1) is 11.3 Å². The molecule has 1 heterocycles. The van der Waals surface area contributed by atoms with E-state index in [-0.39, 0.29) is 11.9 Å². The second-order valence-electron chi connectivity index (χ2n) is 4.87. The zero-order valence-corrected chi connectivity index (χ0v) is 11.7. The Bertz CT molecular complexity index is 288. The maximum Gasteiger partial charge on any atom is 0.320 e. The van der Waals surface area contributed by atoms with E-state index in [0.717, 1.165) is 25.5 Å². The summed E-state index contributed by atoms with van der Waals surface area (Å²) >= 11 is 0. The van der Waals surface area contributed by atoms with Gasteiger partial charge < -0.3 is 9.16 Å². The minimum Gasteiger partial charge on any atom is -0.417 e. The molecule has 0 aromatic carbocycles. The molecule has 0 amide bonds. The molecule has 0 saturated carbocycles. The lowest BCUT2D eigenvalue weighted by Gasteiger charge is -2.19. The van der Waals surface area contributed by atoms with Gasteiger partial charge in [0.1, 0.15) is 0 Å². The smallest absolute Gasteiger partial charge is 0.320 e. The Morgan fingerprint density at radius 3 is 2.65 bits per heavy atom. The van der Waals surface area contributed by atoms with Crippen molar-refractivity contribution in [1.29, 1.82) is 0 Å². The Hall–Kier alpha value is -0.683. The fourth-order valence-electron chi connectivity index (χ4n) is 1.83. The number of hydrogen-bond acceptors (Lipinski definition) is 4. The summed E-state index contributed by atoms with van der Waals surface area (Å²) in [5, 5.41) is 0. The molecule has 0 bridgehead atoms. The summed E-state index contributed by atoms with van der Waals surface area (Å²) in [4.78, 5) is 22.9. The van der Waals surface area contributed by atoms with Crippen molar-refractivity contribution in [1.82, 2.24) is 0 Å². The van der Waals surface area contributed by atoms with Gasteiger partial charge in [-0.15, -0.1) is 0 Å². The second-order valence-corrected chi connectivity index (χ2v) is 5.95. The number of esters is 2. The highest BCUT2D eigenvalue weighted by Crippen LogP contribution is 2.38. The molecule has 0 aliphatic carbocycles. The largest absolute Gasteiger partial charge is 0.417 e. The molecule has 2 radical (unpaired) electrons. The molecule has 4 nitrogen and oxygen atoms in total. The Morgan fingerprint density at radius 2 is 2.12 bits per heavy atom. The third-order valence-corrected chi connectivity index (χ3v) is 4.02. The van der Waals surface area contributed by atoms with E-state index in [1.807, 2.05) is 0 Å². The highest BCUT2D eigenvalue weighted by atomic mass is 28.2. The van der Waals surface area contributed by atoms with E-state index in [1.54, 1.807) is 13.8 Å². The zero-order valence-electron chi connectivity index (χ0n) is 10.7. The van der Waals surface area contributed by atoms with E-state index in [2.05, 4.69) is 11.7 Å². The average Bonchev–Trinajstić information content (AvgIpc) is 2.45. The van der Waals surface area contributed by atoms with Crippen LogP contribution < -0.4 is 0 Å². The topological polar surface area (TPSA) is 52.6 Å². The fraction of sp³-hybridized carbons (Fsp3) is 0.833. The van der Waals surface area contributed by atoms with Crippen molar-refractivity contribution in [3.8, 4) is 0 Å². The molecule has 1 aliphatic rings. The van der Waals surface area contributed by atoms with Crippen LogP contribution in [0.2, 0.25) is 6.04 Å². The van der Waals surface area contributed by atoms with Gasteiger partial charge in [-0.05, 0) is 32.7 Å². The fourth-order valence-corrected chi connectivity index (χ4v) is 2.68. The van der Waals surface area contributed by atoms with Crippen molar-refractivity contribution in [2.24, 2.45) is 11.3 Å². The van der Waals surface area contributed by atoms with Gasteiger partial charge in [0.2, 0.25) is 9.76 Å². The van der Waals surface area contributed by atoms with Crippen LogP contribution in [0, 0.1) is 11.3 Å². The van der Waals surface area contributed by atoms with Crippen molar-refractivity contribution in [2.75, 3.05) is 6.61 Å². The third kappa shape index (κ3) is 3.64. The van der Waals surface area contributed by atoms with E-state index in [4.69, 9.17) is 4.43 Å². The molecular weight excluding hydrogens is 236 g/mol. The first-order chi connectivity index (χ1) is 8.00. The monoisotopic (exact) mass is 256 g/mol. The van der Waals surface area contributed by atoms with E-state index in [1.165, 1.54) is 0 Å². The van der Waals surface area contributed by atoms with Crippen LogP contribution in [0.3, 0.4) is 0 Å². The van der Waals surface area contributed by atoms with Gasteiger partial charge >= 0.3 is 11.9 Å². The summed E-state index contributed by atoms with van der Waals surface area (Å²) in [6.07, 6.45) is 2.64. The molecule has 1 fully saturated rings. The van der Waals surface area contributed by atoms with Gasteiger partial charge in [-0.1, -0.05) is 13.3 Å². The molecule has 1 unspecified atom stereocenters. The number of hydrogen-bond donors (Lipinski definition) is 0. The Morgan fingerprint density at radius 1 is 1.41 bits per heavy atom. The van der Waals surface area contributed by atoms with Crippen LogP contribution >= 0.6 is 0 Å². The first-order valence-corrected chi connectivity index (χ1v) is 7.22. The summed E-state index contributed by atoms with van der Waals surface area (Å²) in [6.45, 7) is 6.43. The van der Waals surface area contributed by atoms with Crippen LogP contribution in [-0.4, -0.2) is 28.3 Å². The minimum absolute atomic E-state index is 0.286. The highest BCUT2D eigenvalue weighted by Gasteiger charge is 2.50. The molecule has 0 N–H and O–H groups in total. The molecule has 1 rings (SSSR count). The van der Waals surface area contributed by atoms with Gasteiger partial charge in [0.25, 0.3) is 0 Å². The normalized spacial score (nSPS) is 22.9. The lowest BCUT2D eigenvalue weighted by atomic mass is 9.79. The van der Waals surface area contributed by atoms with E-state index in [0.29, 0.717) is 16.2 Å². The van der Waals surface area contributed by atoms with E-state index in [9.17, 15) is 9.59 Å². The first kappa shape index (κ1) is 14.4. The molecule has 1 atom stereocenters. The maximum atomic E-state index is 11.5. The van der Waals surface area contributed by atoms with Gasteiger partial charge in [-0.2, -0.15) is 0 Å². The van der Waals surface area contributed by atoms with Crippen LogP contribution in [0.25, 0.3) is 0 Å². The third-order valence-electron chi connectivity index (χ3n) is 3.05. The van der Waals surface area contributed by atoms with Crippen molar-refractivity contribution < 1.29 is 18.8 Å². The lowest BCUT2D eigenvalue weighted by Crippen LogP contribution is -2.27. The van der Waals surface area contributed by atoms with Gasteiger partial charge in [0, 0.05) is 6.61 Å².